The van der Waals surface area contributed by atoms with Crippen LogP contribution in [0, 0.1) is 6.92 Å². The van der Waals surface area contributed by atoms with Crippen molar-refractivity contribution in [2.45, 2.75) is 19.6 Å². The maximum atomic E-state index is 13.1. The average molecular weight is 379 g/mol. The van der Waals surface area contributed by atoms with E-state index in [0.717, 1.165) is 15.8 Å². The zero-order chi connectivity index (χ0) is 18.9. The molecule has 0 bridgehead atoms. The molecular formula is C18H16F3N3OS. The first kappa shape index (κ1) is 18.2. The van der Waals surface area contributed by atoms with Crippen LogP contribution in [0.5, 0.6) is 0 Å². The Hall–Kier alpha value is -2.61. The summed E-state index contributed by atoms with van der Waals surface area (Å²) in [5, 5.41) is 6.81. The van der Waals surface area contributed by atoms with Crippen LogP contribution >= 0.6 is 11.3 Å². The van der Waals surface area contributed by atoms with E-state index in [9.17, 15) is 18.0 Å². The molecule has 0 spiro atoms. The average Bonchev–Trinajstić information content (AvgIpc) is 3.22. The molecule has 3 aromatic rings. The van der Waals surface area contributed by atoms with Crippen molar-refractivity contribution in [2.24, 2.45) is 0 Å². The number of thiophene rings is 1. The second kappa shape index (κ2) is 6.95. The van der Waals surface area contributed by atoms with Gasteiger partial charge < -0.3 is 4.90 Å². The molecule has 0 aliphatic heterocycles. The van der Waals surface area contributed by atoms with Crippen molar-refractivity contribution in [1.82, 2.24) is 15.1 Å². The number of hydrogen-bond donors (Lipinski definition) is 1. The van der Waals surface area contributed by atoms with Crippen molar-refractivity contribution in [3.05, 3.63) is 64.2 Å². The maximum Gasteiger partial charge on any atom is 0.416 e. The van der Waals surface area contributed by atoms with Crippen LogP contribution in [0.15, 0.2) is 42.5 Å². The van der Waals surface area contributed by atoms with Gasteiger partial charge >= 0.3 is 6.18 Å². The number of aromatic amines is 1. The standard InChI is InChI=1S/C18H16F3N3OS/c1-11-7-8-16(26-11)14-9-15(23-22-14)17(25)24(2)10-12-5-3-4-6-13(12)18(19,20)21/h3-9H,10H2,1-2H3,(H,22,23). The summed E-state index contributed by atoms with van der Waals surface area (Å²) in [5.41, 5.74) is 0.172. The molecule has 2 aromatic heterocycles. The SMILES string of the molecule is Cc1ccc(-c2cc(C(=O)N(C)Cc3ccccc3C(F)(F)F)n[nH]2)s1. The highest BCUT2D eigenvalue weighted by molar-refractivity contribution is 7.15. The highest BCUT2D eigenvalue weighted by atomic mass is 32.1. The lowest BCUT2D eigenvalue weighted by Crippen LogP contribution is -2.27. The molecule has 0 atom stereocenters. The molecular weight excluding hydrogens is 363 g/mol. The molecule has 0 aliphatic carbocycles. The molecule has 1 N–H and O–H groups in total. The third-order valence-electron chi connectivity index (χ3n) is 3.88. The lowest BCUT2D eigenvalue weighted by atomic mass is 10.1. The largest absolute Gasteiger partial charge is 0.416 e. The van der Waals surface area contributed by atoms with Crippen LogP contribution in [-0.2, 0) is 12.7 Å². The number of alkyl halides is 3. The zero-order valence-corrected chi connectivity index (χ0v) is 14.9. The van der Waals surface area contributed by atoms with E-state index in [0.29, 0.717) is 5.69 Å². The monoisotopic (exact) mass is 379 g/mol. The number of benzene rings is 1. The fourth-order valence-corrected chi connectivity index (χ4v) is 3.43. The molecule has 1 aromatic carbocycles. The van der Waals surface area contributed by atoms with Crippen LogP contribution in [-0.4, -0.2) is 28.1 Å². The number of rotatable bonds is 4. The summed E-state index contributed by atoms with van der Waals surface area (Å²) >= 11 is 1.56. The van der Waals surface area contributed by atoms with Crippen LogP contribution in [0.3, 0.4) is 0 Å². The van der Waals surface area contributed by atoms with Crippen LogP contribution < -0.4 is 0 Å². The van der Waals surface area contributed by atoms with Gasteiger partial charge in [0.1, 0.15) is 0 Å². The number of aryl methyl sites for hydroxylation is 1. The molecule has 1 amide bonds. The minimum absolute atomic E-state index is 0.0421. The number of amides is 1. The third kappa shape index (κ3) is 3.80. The topological polar surface area (TPSA) is 49.0 Å². The Morgan fingerprint density at radius 1 is 1.23 bits per heavy atom. The highest BCUT2D eigenvalue weighted by Gasteiger charge is 2.33. The Bertz CT molecular complexity index is 930. The first-order valence-corrected chi connectivity index (χ1v) is 8.60. The predicted molar refractivity (Wildman–Crippen MR) is 93.9 cm³/mol. The highest BCUT2D eigenvalue weighted by Crippen LogP contribution is 2.32. The van der Waals surface area contributed by atoms with Gasteiger partial charge in [0.05, 0.1) is 16.1 Å². The van der Waals surface area contributed by atoms with Gasteiger partial charge in [0.2, 0.25) is 0 Å². The number of nitrogens with zero attached hydrogens (tertiary/aromatic N) is 2. The summed E-state index contributed by atoms with van der Waals surface area (Å²) in [6, 6.07) is 10.7. The second-order valence-corrected chi connectivity index (χ2v) is 7.18. The number of nitrogens with one attached hydrogen (secondary N) is 1. The van der Waals surface area contributed by atoms with Crippen molar-refractivity contribution < 1.29 is 18.0 Å². The molecule has 4 nitrogen and oxygen atoms in total. The first-order chi connectivity index (χ1) is 12.3. The van der Waals surface area contributed by atoms with Crippen LogP contribution in [0.4, 0.5) is 13.2 Å². The maximum absolute atomic E-state index is 13.1. The van der Waals surface area contributed by atoms with Crippen LogP contribution in [0.1, 0.15) is 26.5 Å². The summed E-state index contributed by atoms with van der Waals surface area (Å²) in [4.78, 5) is 15.8. The Kier molecular flexibility index (Phi) is 4.86. The second-order valence-electron chi connectivity index (χ2n) is 5.89. The van der Waals surface area contributed by atoms with Crippen molar-refractivity contribution >= 4 is 17.2 Å². The molecule has 0 unspecified atom stereocenters. The number of hydrogen-bond acceptors (Lipinski definition) is 3. The summed E-state index contributed by atoms with van der Waals surface area (Å²) < 4.78 is 39.3. The Morgan fingerprint density at radius 2 is 1.96 bits per heavy atom. The Morgan fingerprint density at radius 3 is 2.62 bits per heavy atom. The Labute approximate surface area is 152 Å². The van der Waals surface area contributed by atoms with Gasteiger partial charge in [-0.1, -0.05) is 18.2 Å². The van der Waals surface area contributed by atoms with Crippen molar-refractivity contribution in [1.29, 1.82) is 0 Å². The molecule has 0 aliphatic rings. The number of carbonyl (C=O) groups is 1. The van der Waals surface area contributed by atoms with Gasteiger partial charge in [-0.2, -0.15) is 18.3 Å². The molecule has 0 radical (unpaired) electrons. The van der Waals surface area contributed by atoms with E-state index in [1.54, 1.807) is 17.4 Å². The molecule has 0 fully saturated rings. The van der Waals surface area contributed by atoms with Crippen LogP contribution in [0.25, 0.3) is 10.6 Å². The lowest BCUT2D eigenvalue weighted by molar-refractivity contribution is -0.138. The molecule has 0 saturated carbocycles. The molecule has 0 saturated heterocycles. The van der Waals surface area contributed by atoms with Crippen molar-refractivity contribution in [3.63, 3.8) is 0 Å². The van der Waals surface area contributed by atoms with E-state index in [1.807, 2.05) is 19.1 Å². The fourth-order valence-electron chi connectivity index (χ4n) is 2.59. The van der Waals surface area contributed by atoms with Gasteiger partial charge in [-0.05, 0) is 36.8 Å². The first-order valence-electron chi connectivity index (χ1n) is 7.78. The van der Waals surface area contributed by atoms with Gasteiger partial charge in [0.15, 0.2) is 5.69 Å². The van der Waals surface area contributed by atoms with E-state index in [2.05, 4.69) is 10.2 Å². The predicted octanol–water partition coefficient (Wildman–Crippen LogP) is 4.74. The third-order valence-corrected chi connectivity index (χ3v) is 4.91. The minimum Gasteiger partial charge on any atom is -0.336 e. The summed E-state index contributed by atoms with van der Waals surface area (Å²) in [6.07, 6.45) is -4.46. The summed E-state index contributed by atoms with van der Waals surface area (Å²) in [7, 11) is 1.46. The number of aromatic nitrogens is 2. The number of H-pyrrole nitrogens is 1. The van der Waals surface area contributed by atoms with Crippen LogP contribution in [0.2, 0.25) is 0 Å². The molecule has 2 heterocycles. The molecule has 26 heavy (non-hydrogen) atoms. The van der Waals surface area contributed by atoms with Gasteiger partial charge in [-0.15, -0.1) is 11.3 Å². The van der Waals surface area contributed by atoms with Gasteiger partial charge in [0, 0.05) is 18.5 Å². The van der Waals surface area contributed by atoms with E-state index in [4.69, 9.17) is 0 Å². The quantitative estimate of drug-likeness (QED) is 0.712. The van der Waals surface area contributed by atoms with Gasteiger partial charge in [-0.3, -0.25) is 9.89 Å². The van der Waals surface area contributed by atoms with Crippen molar-refractivity contribution in [3.8, 4) is 10.6 Å². The zero-order valence-electron chi connectivity index (χ0n) is 14.1. The summed E-state index contributed by atoms with van der Waals surface area (Å²) in [5.74, 6) is -0.447. The van der Waals surface area contributed by atoms with Gasteiger partial charge in [0.25, 0.3) is 5.91 Å². The van der Waals surface area contributed by atoms with E-state index in [-0.39, 0.29) is 17.8 Å². The smallest absolute Gasteiger partial charge is 0.336 e. The number of carbonyl (C=O) groups excluding carboxylic acids is 1. The molecule has 8 heteroatoms. The summed E-state index contributed by atoms with van der Waals surface area (Å²) in [6.45, 7) is 1.82. The van der Waals surface area contributed by atoms with E-state index >= 15 is 0 Å². The fraction of sp³-hybridized carbons (Fsp3) is 0.222. The molecule has 3 rings (SSSR count). The molecule has 136 valence electrons. The minimum atomic E-state index is -4.46. The lowest BCUT2D eigenvalue weighted by Gasteiger charge is -2.19. The normalized spacial score (nSPS) is 11.6. The van der Waals surface area contributed by atoms with E-state index in [1.165, 1.54) is 30.1 Å². The Balaban J connectivity index is 1.78. The number of halogens is 3. The van der Waals surface area contributed by atoms with Gasteiger partial charge in [-0.25, -0.2) is 0 Å². The van der Waals surface area contributed by atoms with Crippen molar-refractivity contribution in [2.75, 3.05) is 7.05 Å². The van der Waals surface area contributed by atoms with E-state index < -0.39 is 17.6 Å².